The lowest BCUT2D eigenvalue weighted by atomic mass is 9.90. The van der Waals surface area contributed by atoms with E-state index in [-0.39, 0.29) is 16.9 Å². The summed E-state index contributed by atoms with van der Waals surface area (Å²) in [7, 11) is 0. The molecule has 1 fully saturated rings. The third-order valence-corrected chi connectivity index (χ3v) is 3.76. The summed E-state index contributed by atoms with van der Waals surface area (Å²) in [6.45, 7) is 8.53. The molecule has 5 heteroatoms. The molecule has 0 bridgehead atoms. The SMILES string of the molecule is CC(C)c1cnc(N2CCC(C)(CN)C2)c(=O)[nH]1. The van der Waals surface area contributed by atoms with E-state index in [1.807, 2.05) is 18.7 Å². The van der Waals surface area contributed by atoms with Gasteiger partial charge in [0.15, 0.2) is 5.82 Å². The smallest absolute Gasteiger partial charge is 0.291 e. The van der Waals surface area contributed by atoms with Crippen LogP contribution in [-0.4, -0.2) is 29.6 Å². The molecule has 0 spiro atoms. The molecule has 1 aliphatic heterocycles. The number of nitrogens with zero attached hydrogens (tertiary/aromatic N) is 2. The molecular formula is C13H22N4O. The number of H-pyrrole nitrogens is 1. The standard InChI is InChI=1S/C13H22N4O/c1-9(2)10-6-15-11(12(18)16-10)17-5-4-13(3,7-14)8-17/h6,9H,4-5,7-8,14H2,1-3H3,(H,16,18). The second-order valence-electron chi connectivity index (χ2n) is 5.83. The Balaban J connectivity index is 2.23. The molecule has 0 aliphatic carbocycles. The summed E-state index contributed by atoms with van der Waals surface area (Å²) in [5, 5.41) is 0. The quantitative estimate of drug-likeness (QED) is 0.841. The van der Waals surface area contributed by atoms with Crippen molar-refractivity contribution in [2.24, 2.45) is 11.1 Å². The van der Waals surface area contributed by atoms with Gasteiger partial charge in [0.25, 0.3) is 5.56 Å². The van der Waals surface area contributed by atoms with Gasteiger partial charge in [-0.15, -0.1) is 0 Å². The number of aromatic amines is 1. The van der Waals surface area contributed by atoms with Gasteiger partial charge in [-0.05, 0) is 24.3 Å². The van der Waals surface area contributed by atoms with Gasteiger partial charge in [-0.25, -0.2) is 4.98 Å². The molecule has 2 rings (SSSR count). The van der Waals surface area contributed by atoms with Crippen LogP contribution in [-0.2, 0) is 0 Å². The maximum atomic E-state index is 12.0. The summed E-state index contributed by atoms with van der Waals surface area (Å²) in [4.78, 5) is 21.3. The third-order valence-electron chi connectivity index (χ3n) is 3.76. The van der Waals surface area contributed by atoms with Crippen LogP contribution in [0.2, 0.25) is 0 Å². The van der Waals surface area contributed by atoms with Crippen molar-refractivity contribution in [3.8, 4) is 0 Å². The number of nitrogens with two attached hydrogens (primary N) is 1. The fourth-order valence-corrected chi connectivity index (χ4v) is 2.30. The number of hydrogen-bond acceptors (Lipinski definition) is 4. The molecule has 1 aromatic rings. The minimum atomic E-state index is -0.0949. The molecule has 1 aliphatic rings. The van der Waals surface area contributed by atoms with E-state index < -0.39 is 0 Å². The number of anilines is 1. The zero-order valence-corrected chi connectivity index (χ0v) is 11.4. The Morgan fingerprint density at radius 2 is 2.33 bits per heavy atom. The van der Waals surface area contributed by atoms with Crippen LogP contribution in [0.15, 0.2) is 11.0 Å². The highest BCUT2D eigenvalue weighted by molar-refractivity contribution is 5.38. The first-order valence-electron chi connectivity index (χ1n) is 6.49. The van der Waals surface area contributed by atoms with Crippen LogP contribution in [0.5, 0.6) is 0 Å². The second kappa shape index (κ2) is 4.72. The molecule has 1 atom stereocenters. The van der Waals surface area contributed by atoms with Crippen LogP contribution < -0.4 is 16.2 Å². The highest BCUT2D eigenvalue weighted by Gasteiger charge is 2.34. The maximum Gasteiger partial charge on any atom is 0.291 e. The number of hydrogen-bond donors (Lipinski definition) is 2. The molecule has 18 heavy (non-hydrogen) atoms. The number of rotatable bonds is 3. The first kappa shape index (κ1) is 13.1. The van der Waals surface area contributed by atoms with E-state index in [1.54, 1.807) is 6.20 Å². The van der Waals surface area contributed by atoms with Crippen LogP contribution >= 0.6 is 0 Å². The zero-order chi connectivity index (χ0) is 13.3. The van der Waals surface area contributed by atoms with Crippen LogP contribution in [0, 0.1) is 5.41 Å². The van der Waals surface area contributed by atoms with Crippen molar-refractivity contribution < 1.29 is 0 Å². The van der Waals surface area contributed by atoms with Gasteiger partial charge in [0.05, 0.1) is 0 Å². The maximum absolute atomic E-state index is 12.0. The molecule has 3 N–H and O–H groups in total. The first-order valence-corrected chi connectivity index (χ1v) is 6.49. The normalized spacial score (nSPS) is 23.9. The average molecular weight is 250 g/mol. The third kappa shape index (κ3) is 2.41. The van der Waals surface area contributed by atoms with Crippen molar-refractivity contribution in [3.63, 3.8) is 0 Å². The Kier molecular flexibility index (Phi) is 3.43. The van der Waals surface area contributed by atoms with Gasteiger partial charge in [0.2, 0.25) is 0 Å². The minimum Gasteiger partial charge on any atom is -0.351 e. The molecule has 0 aromatic carbocycles. The van der Waals surface area contributed by atoms with Crippen LogP contribution in [0.1, 0.15) is 38.8 Å². The largest absolute Gasteiger partial charge is 0.351 e. The van der Waals surface area contributed by atoms with Gasteiger partial charge in [-0.1, -0.05) is 20.8 Å². The molecule has 100 valence electrons. The predicted octanol–water partition coefficient (Wildman–Crippen LogP) is 1.07. The Morgan fingerprint density at radius 3 is 2.83 bits per heavy atom. The molecule has 1 saturated heterocycles. The average Bonchev–Trinajstić information content (AvgIpc) is 2.72. The van der Waals surface area contributed by atoms with Gasteiger partial charge in [0.1, 0.15) is 0 Å². The summed E-state index contributed by atoms with van der Waals surface area (Å²) >= 11 is 0. The van der Waals surface area contributed by atoms with E-state index in [4.69, 9.17) is 5.73 Å². The van der Waals surface area contributed by atoms with Gasteiger partial charge >= 0.3 is 0 Å². The Hall–Kier alpha value is -1.36. The molecule has 1 unspecified atom stereocenters. The van der Waals surface area contributed by atoms with Gasteiger partial charge in [0, 0.05) is 25.0 Å². The molecule has 2 heterocycles. The van der Waals surface area contributed by atoms with Crippen molar-refractivity contribution in [3.05, 3.63) is 22.2 Å². The topological polar surface area (TPSA) is 75.0 Å². The van der Waals surface area contributed by atoms with Gasteiger partial charge in [-0.2, -0.15) is 0 Å². The Bertz CT molecular complexity index is 482. The molecule has 0 radical (unpaired) electrons. The van der Waals surface area contributed by atoms with Gasteiger partial charge < -0.3 is 15.6 Å². The summed E-state index contributed by atoms with van der Waals surface area (Å²) in [6.07, 6.45) is 2.77. The van der Waals surface area contributed by atoms with E-state index in [2.05, 4.69) is 16.9 Å². The molecular weight excluding hydrogens is 228 g/mol. The lowest BCUT2D eigenvalue weighted by Crippen LogP contribution is -2.34. The summed E-state index contributed by atoms with van der Waals surface area (Å²) < 4.78 is 0. The van der Waals surface area contributed by atoms with Crippen LogP contribution in [0.3, 0.4) is 0 Å². The van der Waals surface area contributed by atoms with Crippen molar-refractivity contribution in [1.29, 1.82) is 0 Å². The molecule has 5 nitrogen and oxygen atoms in total. The second-order valence-corrected chi connectivity index (χ2v) is 5.83. The molecule has 0 amide bonds. The van der Waals surface area contributed by atoms with E-state index in [0.717, 1.165) is 25.2 Å². The molecule has 0 saturated carbocycles. The van der Waals surface area contributed by atoms with E-state index in [9.17, 15) is 4.79 Å². The number of aromatic nitrogens is 2. The van der Waals surface area contributed by atoms with Crippen LogP contribution in [0.4, 0.5) is 5.82 Å². The van der Waals surface area contributed by atoms with Crippen molar-refractivity contribution in [2.75, 3.05) is 24.5 Å². The minimum absolute atomic E-state index is 0.0949. The number of nitrogens with one attached hydrogen (secondary N) is 1. The summed E-state index contributed by atoms with van der Waals surface area (Å²) in [6, 6.07) is 0. The van der Waals surface area contributed by atoms with Crippen molar-refractivity contribution >= 4 is 5.82 Å². The summed E-state index contributed by atoms with van der Waals surface area (Å²) in [5.74, 6) is 0.809. The lowest BCUT2D eigenvalue weighted by Gasteiger charge is -2.22. The van der Waals surface area contributed by atoms with E-state index in [1.165, 1.54) is 0 Å². The van der Waals surface area contributed by atoms with Gasteiger partial charge in [-0.3, -0.25) is 4.79 Å². The highest BCUT2D eigenvalue weighted by Crippen LogP contribution is 2.30. The highest BCUT2D eigenvalue weighted by atomic mass is 16.1. The fourth-order valence-electron chi connectivity index (χ4n) is 2.30. The monoisotopic (exact) mass is 250 g/mol. The first-order chi connectivity index (χ1) is 8.45. The van der Waals surface area contributed by atoms with Crippen molar-refractivity contribution in [1.82, 2.24) is 9.97 Å². The van der Waals surface area contributed by atoms with E-state index in [0.29, 0.717) is 12.4 Å². The molecule has 1 aromatic heterocycles. The predicted molar refractivity (Wildman–Crippen MR) is 72.9 cm³/mol. The zero-order valence-electron chi connectivity index (χ0n) is 11.4. The van der Waals surface area contributed by atoms with Crippen molar-refractivity contribution in [2.45, 2.75) is 33.1 Å². The van der Waals surface area contributed by atoms with E-state index >= 15 is 0 Å². The summed E-state index contributed by atoms with van der Waals surface area (Å²) in [5.41, 5.74) is 6.66. The fraction of sp³-hybridized carbons (Fsp3) is 0.692. The Morgan fingerprint density at radius 1 is 1.61 bits per heavy atom. The van der Waals surface area contributed by atoms with Crippen LogP contribution in [0.25, 0.3) is 0 Å². The Labute approximate surface area is 107 Å². The lowest BCUT2D eigenvalue weighted by molar-refractivity contribution is 0.383.